The Balaban J connectivity index is 1.58. The van der Waals surface area contributed by atoms with Crippen LogP contribution in [0.5, 0.6) is 5.75 Å². The Kier molecular flexibility index (Phi) is 5.11. The van der Waals surface area contributed by atoms with Crippen LogP contribution in [0.1, 0.15) is 43.2 Å². The Labute approximate surface area is 188 Å². The first-order chi connectivity index (χ1) is 14.8. The predicted molar refractivity (Wildman–Crippen MR) is 125 cm³/mol. The number of hydrogen-bond donors (Lipinski definition) is 4. The summed E-state index contributed by atoms with van der Waals surface area (Å²) in [5.74, 6) is 0.699. The highest BCUT2D eigenvalue weighted by molar-refractivity contribution is 7.92. The Morgan fingerprint density at radius 2 is 1.97 bits per heavy atom. The number of nitrogens with one attached hydrogen (secondary N) is 3. The van der Waals surface area contributed by atoms with Crippen LogP contribution >= 0.6 is 11.6 Å². The molecule has 166 valence electrons. The molecule has 1 saturated heterocycles. The standard InChI is InChI=1S/C23H28ClN3O3S/c1-31(29,30)27-18-8-3-2-7-17(18)26-22-20(28)13-16-14(21(22)24)12-19-15-6-4-5-9-23(15,16)10-11-25-19/h2-3,7-8,13,15,19,25-28H,4-6,9-12H2,1H3/t15-,19+,23+/m0/s1. The third kappa shape index (κ3) is 3.56. The molecule has 0 unspecified atom stereocenters. The van der Waals surface area contributed by atoms with Crippen LogP contribution in [0.25, 0.3) is 0 Å². The molecule has 3 aliphatic rings. The smallest absolute Gasteiger partial charge is 0.229 e. The van der Waals surface area contributed by atoms with Crippen molar-refractivity contribution in [1.82, 2.24) is 5.32 Å². The molecule has 2 aromatic carbocycles. The molecule has 2 fully saturated rings. The molecule has 4 N–H and O–H groups in total. The number of benzene rings is 2. The second-order valence-electron chi connectivity index (χ2n) is 9.18. The van der Waals surface area contributed by atoms with Crippen molar-refractivity contribution >= 4 is 38.7 Å². The van der Waals surface area contributed by atoms with Gasteiger partial charge in [0.15, 0.2) is 0 Å². The van der Waals surface area contributed by atoms with Crippen LogP contribution in [0.4, 0.5) is 17.1 Å². The zero-order valence-electron chi connectivity index (χ0n) is 17.5. The zero-order valence-corrected chi connectivity index (χ0v) is 19.1. The summed E-state index contributed by atoms with van der Waals surface area (Å²) >= 11 is 6.92. The number of aromatic hydroxyl groups is 1. The van der Waals surface area contributed by atoms with Crippen LogP contribution < -0.4 is 15.4 Å². The van der Waals surface area contributed by atoms with E-state index in [2.05, 4.69) is 15.4 Å². The Bertz CT molecular complexity index is 1130. The van der Waals surface area contributed by atoms with Crippen molar-refractivity contribution in [2.24, 2.45) is 5.92 Å². The number of para-hydroxylation sites is 2. The number of rotatable bonds is 4. The van der Waals surface area contributed by atoms with Crippen molar-refractivity contribution < 1.29 is 13.5 Å². The van der Waals surface area contributed by atoms with E-state index in [-0.39, 0.29) is 11.2 Å². The highest BCUT2D eigenvalue weighted by Crippen LogP contribution is 2.57. The van der Waals surface area contributed by atoms with E-state index >= 15 is 0 Å². The number of phenolic OH excluding ortho intramolecular Hbond substituents is 1. The number of hydrogen-bond acceptors (Lipinski definition) is 5. The number of fused-ring (bicyclic) bond motifs is 1. The van der Waals surface area contributed by atoms with E-state index in [1.165, 1.54) is 24.8 Å². The van der Waals surface area contributed by atoms with E-state index in [1.54, 1.807) is 24.3 Å². The van der Waals surface area contributed by atoms with Gasteiger partial charge in [0.05, 0.1) is 22.7 Å². The van der Waals surface area contributed by atoms with Gasteiger partial charge in [0, 0.05) is 11.5 Å². The first-order valence-corrected chi connectivity index (χ1v) is 13.2. The minimum Gasteiger partial charge on any atom is -0.506 e. The molecule has 0 spiro atoms. The summed E-state index contributed by atoms with van der Waals surface area (Å²) in [5.41, 5.74) is 3.77. The maximum Gasteiger partial charge on any atom is 0.229 e. The molecule has 1 aliphatic heterocycles. The largest absolute Gasteiger partial charge is 0.506 e. The van der Waals surface area contributed by atoms with E-state index in [0.29, 0.717) is 34.0 Å². The molecule has 2 aliphatic carbocycles. The second-order valence-corrected chi connectivity index (χ2v) is 11.3. The van der Waals surface area contributed by atoms with Crippen molar-refractivity contribution in [3.63, 3.8) is 0 Å². The minimum absolute atomic E-state index is 0.0944. The molecular formula is C23H28ClN3O3S. The van der Waals surface area contributed by atoms with Crippen LogP contribution in [0.15, 0.2) is 30.3 Å². The van der Waals surface area contributed by atoms with Gasteiger partial charge in [-0.3, -0.25) is 4.72 Å². The topological polar surface area (TPSA) is 90.5 Å². The van der Waals surface area contributed by atoms with Gasteiger partial charge in [0.1, 0.15) is 11.4 Å². The van der Waals surface area contributed by atoms with Crippen LogP contribution in [0, 0.1) is 5.92 Å². The van der Waals surface area contributed by atoms with Crippen molar-refractivity contribution in [2.45, 2.75) is 50.0 Å². The van der Waals surface area contributed by atoms with E-state index in [9.17, 15) is 13.5 Å². The molecule has 1 saturated carbocycles. The molecule has 0 amide bonds. The molecule has 5 rings (SSSR count). The summed E-state index contributed by atoms with van der Waals surface area (Å²) in [4.78, 5) is 0. The van der Waals surface area contributed by atoms with Crippen LogP contribution in [-0.4, -0.2) is 32.4 Å². The van der Waals surface area contributed by atoms with E-state index in [4.69, 9.17) is 11.6 Å². The third-order valence-electron chi connectivity index (χ3n) is 7.35. The fraction of sp³-hybridized carbons (Fsp3) is 0.478. The van der Waals surface area contributed by atoms with Crippen molar-refractivity contribution in [1.29, 1.82) is 0 Å². The lowest BCUT2D eigenvalue weighted by atomic mass is 9.53. The molecule has 3 atom stereocenters. The van der Waals surface area contributed by atoms with E-state index in [1.807, 2.05) is 6.07 Å². The van der Waals surface area contributed by atoms with Crippen LogP contribution in [0.2, 0.25) is 5.02 Å². The highest BCUT2D eigenvalue weighted by Gasteiger charge is 2.52. The minimum atomic E-state index is -3.44. The van der Waals surface area contributed by atoms with E-state index < -0.39 is 10.0 Å². The van der Waals surface area contributed by atoms with Crippen molar-refractivity contribution in [2.75, 3.05) is 22.8 Å². The fourth-order valence-corrected chi connectivity index (χ4v) is 7.05. The number of sulfonamides is 1. The molecule has 0 aromatic heterocycles. The monoisotopic (exact) mass is 461 g/mol. The number of anilines is 3. The van der Waals surface area contributed by atoms with Crippen LogP contribution in [-0.2, 0) is 21.9 Å². The van der Waals surface area contributed by atoms with Gasteiger partial charge < -0.3 is 15.7 Å². The van der Waals surface area contributed by atoms with Gasteiger partial charge in [-0.05, 0) is 67.5 Å². The van der Waals surface area contributed by atoms with Gasteiger partial charge in [-0.25, -0.2) is 8.42 Å². The molecule has 2 bridgehead atoms. The molecular weight excluding hydrogens is 434 g/mol. The number of halogens is 1. The highest BCUT2D eigenvalue weighted by atomic mass is 35.5. The molecule has 2 aromatic rings. The lowest BCUT2D eigenvalue weighted by molar-refractivity contribution is 0.0796. The summed E-state index contributed by atoms with van der Waals surface area (Å²) in [6.07, 6.45) is 7.88. The van der Waals surface area contributed by atoms with Crippen molar-refractivity contribution in [3.05, 3.63) is 46.5 Å². The zero-order chi connectivity index (χ0) is 21.8. The van der Waals surface area contributed by atoms with E-state index in [0.717, 1.165) is 37.6 Å². The maximum atomic E-state index is 11.8. The summed E-state index contributed by atoms with van der Waals surface area (Å²) in [5, 5.41) is 18.4. The van der Waals surface area contributed by atoms with Gasteiger partial charge in [0.25, 0.3) is 0 Å². The Morgan fingerprint density at radius 1 is 1.19 bits per heavy atom. The normalized spacial score (nSPS) is 27.2. The van der Waals surface area contributed by atoms with Crippen LogP contribution in [0.3, 0.4) is 0 Å². The summed E-state index contributed by atoms with van der Waals surface area (Å²) in [6, 6.07) is 9.31. The van der Waals surface area contributed by atoms with Gasteiger partial charge >= 0.3 is 0 Å². The predicted octanol–water partition coefficient (Wildman–Crippen LogP) is 4.51. The molecule has 6 nitrogen and oxygen atoms in total. The molecule has 31 heavy (non-hydrogen) atoms. The lowest BCUT2D eigenvalue weighted by Crippen LogP contribution is -2.59. The summed E-state index contributed by atoms with van der Waals surface area (Å²) < 4.78 is 26.0. The first kappa shape index (κ1) is 20.9. The lowest BCUT2D eigenvalue weighted by Gasteiger charge is -2.56. The van der Waals surface area contributed by atoms with Gasteiger partial charge in [-0.15, -0.1) is 0 Å². The summed E-state index contributed by atoms with van der Waals surface area (Å²) in [6.45, 7) is 1.00. The summed E-state index contributed by atoms with van der Waals surface area (Å²) in [7, 11) is -3.44. The number of phenols is 1. The average Bonchev–Trinajstić information content (AvgIpc) is 2.72. The van der Waals surface area contributed by atoms with Gasteiger partial charge in [0.2, 0.25) is 10.0 Å². The fourth-order valence-electron chi connectivity index (χ4n) is 6.15. The maximum absolute atomic E-state index is 11.8. The molecule has 0 radical (unpaired) electrons. The average molecular weight is 462 g/mol. The Hall–Kier alpha value is -1.96. The second kappa shape index (κ2) is 7.57. The molecule has 8 heteroatoms. The van der Waals surface area contributed by atoms with Crippen molar-refractivity contribution in [3.8, 4) is 5.75 Å². The SMILES string of the molecule is CS(=O)(=O)Nc1ccccc1Nc1c(O)cc2c(c1Cl)C[C@H]1NCC[C@@]23CCCC[C@@H]13. The first-order valence-electron chi connectivity index (χ1n) is 10.9. The quantitative estimate of drug-likeness (QED) is 0.503. The Morgan fingerprint density at radius 3 is 2.74 bits per heavy atom. The number of piperidine rings is 1. The molecule has 1 heterocycles. The third-order valence-corrected chi connectivity index (χ3v) is 8.36. The van der Waals surface area contributed by atoms with Gasteiger partial charge in [-0.2, -0.15) is 0 Å². The van der Waals surface area contributed by atoms with Gasteiger partial charge in [-0.1, -0.05) is 36.6 Å².